The zero-order valence-corrected chi connectivity index (χ0v) is 11.7. The van der Waals surface area contributed by atoms with Gasteiger partial charge in [-0.3, -0.25) is 4.79 Å². The van der Waals surface area contributed by atoms with Crippen molar-refractivity contribution in [3.05, 3.63) is 29.6 Å². The van der Waals surface area contributed by atoms with Crippen LogP contribution in [0.4, 0.5) is 10.1 Å². The molecule has 1 aromatic rings. The molecule has 2 aliphatic heterocycles. The van der Waals surface area contributed by atoms with Crippen LogP contribution in [0.3, 0.4) is 0 Å². The number of hydrogen-bond donors (Lipinski definition) is 2. The van der Waals surface area contributed by atoms with E-state index in [9.17, 15) is 14.0 Å². The minimum absolute atomic E-state index is 0.0191. The molecule has 3 unspecified atom stereocenters. The molecule has 1 amide bonds. The second-order valence-corrected chi connectivity index (χ2v) is 5.57. The van der Waals surface area contributed by atoms with Gasteiger partial charge in [-0.2, -0.15) is 0 Å². The third-order valence-corrected chi connectivity index (χ3v) is 4.28. The number of amides is 1. The van der Waals surface area contributed by atoms with E-state index in [4.69, 9.17) is 0 Å². The number of fused-ring (bicyclic) bond motifs is 2. The lowest BCUT2D eigenvalue weighted by molar-refractivity contribution is -0.120. The van der Waals surface area contributed by atoms with Gasteiger partial charge in [-0.15, -0.1) is 0 Å². The van der Waals surface area contributed by atoms with E-state index in [0.29, 0.717) is 6.04 Å². The van der Waals surface area contributed by atoms with E-state index in [1.54, 1.807) is 0 Å². The van der Waals surface area contributed by atoms with E-state index in [1.165, 1.54) is 19.2 Å². The Balaban J connectivity index is 1.75. The van der Waals surface area contributed by atoms with Crippen molar-refractivity contribution in [2.45, 2.75) is 31.3 Å². The molecule has 2 N–H and O–H groups in total. The Kier molecular flexibility index (Phi) is 3.63. The van der Waals surface area contributed by atoms with Crippen LogP contribution in [0.1, 0.15) is 29.6 Å². The molecule has 21 heavy (non-hydrogen) atoms. The molecule has 2 fully saturated rings. The van der Waals surface area contributed by atoms with Gasteiger partial charge in [0.25, 0.3) is 0 Å². The number of rotatable bonds is 3. The van der Waals surface area contributed by atoms with Crippen LogP contribution in [0.5, 0.6) is 0 Å². The number of esters is 1. The molecule has 112 valence electrons. The number of benzene rings is 1. The molecule has 2 heterocycles. The molecule has 1 aromatic carbocycles. The van der Waals surface area contributed by atoms with Crippen LogP contribution in [0, 0.1) is 11.7 Å². The predicted octanol–water partition coefficient (Wildman–Crippen LogP) is 1.69. The zero-order chi connectivity index (χ0) is 15.0. The molecule has 0 radical (unpaired) electrons. The Hall–Kier alpha value is -1.95. The van der Waals surface area contributed by atoms with E-state index in [0.717, 1.165) is 25.3 Å². The van der Waals surface area contributed by atoms with Crippen molar-refractivity contribution in [3.63, 3.8) is 0 Å². The summed E-state index contributed by atoms with van der Waals surface area (Å²) in [5.41, 5.74) is 0.228. The van der Waals surface area contributed by atoms with Gasteiger partial charge in [-0.1, -0.05) is 0 Å². The molecule has 0 spiro atoms. The van der Waals surface area contributed by atoms with Crippen molar-refractivity contribution in [1.29, 1.82) is 0 Å². The third kappa shape index (κ3) is 2.63. The SMILES string of the molecule is COC(=O)c1ccc(F)c(NC(=O)C2CC3CCC2N3)c1. The monoisotopic (exact) mass is 292 g/mol. The van der Waals surface area contributed by atoms with Gasteiger partial charge in [0, 0.05) is 12.1 Å². The number of carbonyl (C=O) groups is 2. The lowest BCUT2D eigenvalue weighted by atomic mass is 9.88. The highest BCUT2D eigenvalue weighted by atomic mass is 19.1. The number of halogens is 1. The molecular formula is C15H17FN2O3. The number of carbonyl (C=O) groups excluding carboxylic acids is 2. The third-order valence-electron chi connectivity index (χ3n) is 4.28. The first-order valence-corrected chi connectivity index (χ1v) is 7.03. The molecule has 0 saturated carbocycles. The molecule has 0 aliphatic carbocycles. The van der Waals surface area contributed by atoms with Gasteiger partial charge < -0.3 is 15.4 Å². The van der Waals surface area contributed by atoms with Gasteiger partial charge in [0.15, 0.2) is 0 Å². The maximum absolute atomic E-state index is 13.8. The van der Waals surface area contributed by atoms with Crippen molar-refractivity contribution in [2.75, 3.05) is 12.4 Å². The summed E-state index contributed by atoms with van der Waals surface area (Å²) in [5, 5.41) is 5.96. The second kappa shape index (κ2) is 5.44. The number of nitrogens with one attached hydrogen (secondary N) is 2. The fourth-order valence-electron chi connectivity index (χ4n) is 3.21. The van der Waals surface area contributed by atoms with Crippen LogP contribution in [0.15, 0.2) is 18.2 Å². The predicted molar refractivity (Wildman–Crippen MR) is 74.4 cm³/mol. The van der Waals surface area contributed by atoms with Crippen molar-refractivity contribution < 1.29 is 18.7 Å². The van der Waals surface area contributed by atoms with Crippen molar-refractivity contribution in [3.8, 4) is 0 Å². The molecule has 5 nitrogen and oxygen atoms in total. The molecule has 6 heteroatoms. The van der Waals surface area contributed by atoms with E-state index in [1.807, 2.05) is 0 Å². The molecular weight excluding hydrogens is 275 g/mol. The van der Waals surface area contributed by atoms with Crippen molar-refractivity contribution in [2.24, 2.45) is 5.92 Å². The standard InChI is InChI=1S/C15H17FN2O3/c1-21-15(20)8-2-4-11(16)13(6-8)18-14(19)10-7-9-3-5-12(10)17-9/h2,4,6,9-10,12,17H,3,5,7H2,1H3,(H,18,19). The average Bonchev–Trinajstić information content (AvgIpc) is 3.11. The lowest BCUT2D eigenvalue weighted by Gasteiger charge is -2.19. The maximum Gasteiger partial charge on any atom is 0.337 e. The van der Waals surface area contributed by atoms with Crippen LogP contribution >= 0.6 is 0 Å². The van der Waals surface area contributed by atoms with Crippen LogP contribution in [0.2, 0.25) is 0 Å². The summed E-state index contributed by atoms with van der Waals surface area (Å²) in [6.07, 6.45) is 2.86. The van der Waals surface area contributed by atoms with Crippen LogP contribution in [-0.2, 0) is 9.53 Å². The summed E-state index contributed by atoms with van der Waals surface area (Å²) in [6, 6.07) is 4.37. The van der Waals surface area contributed by atoms with Crippen LogP contribution in [-0.4, -0.2) is 31.1 Å². The average molecular weight is 292 g/mol. The first kappa shape index (κ1) is 14.0. The maximum atomic E-state index is 13.8. The summed E-state index contributed by atoms with van der Waals surface area (Å²) in [6.45, 7) is 0. The first-order valence-electron chi connectivity index (χ1n) is 7.03. The van der Waals surface area contributed by atoms with Gasteiger partial charge in [-0.05, 0) is 37.5 Å². The van der Waals surface area contributed by atoms with Crippen LogP contribution < -0.4 is 10.6 Å². The number of hydrogen-bond acceptors (Lipinski definition) is 4. The highest BCUT2D eigenvalue weighted by Crippen LogP contribution is 2.34. The highest BCUT2D eigenvalue weighted by molar-refractivity contribution is 5.96. The minimum atomic E-state index is -0.563. The molecule has 2 saturated heterocycles. The first-order chi connectivity index (χ1) is 10.1. The van der Waals surface area contributed by atoms with E-state index in [2.05, 4.69) is 15.4 Å². The molecule has 3 rings (SSSR count). The number of methoxy groups -OCH3 is 1. The quantitative estimate of drug-likeness (QED) is 0.832. The Morgan fingerprint density at radius 2 is 2.19 bits per heavy atom. The van der Waals surface area contributed by atoms with Crippen molar-refractivity contribution >= 4 is 17.6 Å². The topological polar surface area (TPSA) is 67.4 Å². The Labute approximate surface area is 121 Å². The summed E-state index contributed by atoms with van der Waals surface area (Å²) in [5.74, 6) is -1.46. The summed E-state index contributed by atoms with van der Waals surface area (Å²) < 4.78 is 18.4. The van der Waals surface area contributed by atoms with Crippen LogP contribution in [0.25, 0.3) is 0 Å². The van der Waals surface area contributed by atoms with E-state index >= 15 is 0 Å². The number of anilines is 1. The van der Waals surface area contributed by atoms with E-state index < -0.39 is 11.8 Å². The van der Waals surface area contributed by atoms with Gasteiger partial charge >= 0.3 is 5.97 Å². The number of ether oxygens (including phenoxy) is 1. The summed E-state index contributed by atoms with van der Waals surface area (Å²) >= 11 is 0. The fourth-order valence-corrected chi connectivity index (χ4v) is 3.21. The van der Waals surface area contributed by atoms with Gasteiger partial charge in [0.05, 0.1) is 24.3 Å². The van der Waals surface area contributed by atoms with Crippen molar-refractivity contribution in [1.82, 2.24) is 5.32 Å². The summed E-state index contributed by atoms with van der Waals surface area (Å²) in [7, 11) is 1.25. The largest absolute Gasteiger partial charge is 0.465 e. The lowest BCUT2D eigenvalue weighted by Crippen LogP contribution is -2.33. The molecule has 2 aliphatic rings. The Morgan fingerprint density at radius 3 is 2.81 bits per heavy atom. The Morgan fingerprint density at radius 1 is 1.38 bits per heavy atom. The van der Waals surface area contributed by atoms with Gasteiger partial charge in [0.2, 0.25) is 5.91 Å². The van der Waals surface area contributed by atoms with Gasteiger partial charge in [-0.25, -0.2) is 9.18 Å². The summed E-state index contributed by atoms with van der Waals surface area (Å²) in [4.78, 5) is 23.7. The molecule has 2 bridgehead atoms. The fraction of sp³-hybridized carbons (Fsp3) is 0.467. The molecule has 0 aromatic heterocycles. The molecule has 3 atom stereocenters. The smallest absolute Gasteiger partial charge is 0.337 e. The normalized spacial score (nSPS) is 26.7. The van der Waals surface area contributed by atoms with E-state index in [-0.39, 0.29) is 29.1 Å². The Bertz CT molecular complexity index is 590. The van der Waals surface area contributed by atoms with Gasteiger partial charge in [0.1, 0.15) is 5.82 Å². The second-order valence-electron chi connectivity index (χ2n) is 5.57. The highest BCUT2D eigenvalue weighted by Gasteiger charge is 2.42. The minimum Gasteiger partial charge on any atom is -0.465 e. The zero-order valence-electron chi connectivity index (χ0n) is 11.7.